The molecule has 138 valence electrons. The number of nitrogens with zero attached hydrogens (tertiary/aromatic N) is 2. The van der Waals surface area contributed by atoms with Gasteiger partial charge in [-0.05, 0) is 51.1 Å². The molecular formula is C19H35N3O2. The summed E-state index contributed by atoms with van der Waals surface area (Å²) in [4.78, 5) is 17.0. The summed E-state index contributed by atoms with van der Waals surface area (Å²) in [5.41, 5.74) is 0. The minimum Gasteiger partial charge on any atom is -0.375 e. The lowest BCUT2D eigenvalue weighted by Crippen LogP contribution is -2.40. The Balaban J connectivity index is 1.35. The molecule has 3 saturated heterocycles. The first kappa shape index (κ1) is 18.2. The second-order valence-corrected chi connectivity index (χ2v) is 7.83. The highest BCUT2D eigenvalue weighted by molar-refractivity contribution is 5.76. The predicted octanol–water partition coefficient (Wildman–Crippen LogP) is 1.87. The Labute approximate surface area is 147 Å². The molecular weight excluding hydrogens is 302 g/mol. The van der Waals surface area contributed by atoms with Crippen molar-refractivity contribution >= 4 is 5.91 Å². The third-order valence-corrected chi connectivity index (χ3v) is 6.19. The average Bonchev–Trinajstić information content (AvgIpc) is 3.18. The van der Waals surface area contributed by atoms with E-state index in [1.807, 2.05) is 4.90 Å². The highest BCUT2D eigenvalue weighted by Crippen LogP contribution is 2.33. The van der Waals surface area contributed by atoms with Gasteiger partial charge in [-0.1, -0.05) is 13.8 Å². The van der Waals surface area contributed by atoms with Crippen molar-refractivity contribution < 1.29 is 9.53 Å². The maximum absolute atomic E-state index is 12.6. The van der Waals surface area contributed by atoms with Crippen molar-refractivity contribution in [1.29, 1.82) is 0 Å². The molecule has 1 amide bonds. The average molecular weight is 338 g/mol. The summed E-state index contributed by atoms with van der Waals surface area (Å²) in [6.45, 7) is 9.99. The third kappa shape index (κ3) is 4.70. The molecule has 0 radical (unpaired) electrons. The van der Waals surface area contributed by atoms with E-state index in [0.29, 0.717) is 23.9 Å². The number of amides is 1. The molecule has 3 unspecified atom stereocenters. The van der Waals surface area contributed by atoms with Gasteiger partial charge in [0.2, 0.25) is 5.91 Å². The summed E-state index contributed by atoms with van der Waals surface area (Å²) < 4.78 is 6.01. The predicted molar refractivity (Wildman–Crippen MR) is 96.0 cm³/mol. The van der Waals surface area contributed by atoms with Gasteiger partial charge < -0.3 is 19.9 Å². The van der Waals surface area contributed by atoms with Crippen LogP contribution in [-0.2, 0) is 9.53 Å². The molecule has 0 saturated carbocycles. The van der Waals surface area contributed by atoms with E-state index in [9.17, 15) is 4.79 Å². The fourth-order valence-electron chi connectivity index (χ4n) is 4.70. The first-order valence-electron chi connectivity index (χ1n) is 10.1. The molecule has 3 atom stereocenters. The van der Waals surface area contributed by atoms with E-state index in [2.05, 4.69) is 24.1 Å². The molecule has 3 rings (SSSR count). The summed E-state index contributed by atoms with van der Waals surface area (Å²) in [7, 11) is 0. The maximum Gasteiger partial charge on any atom is 0.222 e. The first-order valence-corrected chi connectivity index (χ1v) is 10.1. The molecule has 3 aliphatic rings. The molecule has 24 heavy (non-hydrogen) atoms. The van der Waals surface area contributed by atoms with Gasteiger partial charge in [0.1, 0.15) is 0 Å². The van der Waals surface area contributed by atoms with Gasteiger partial charge in [-0.3, -0.25) is 4.79 Å². The Morgan fingerprint density at radius 1 is 1.17 bits per heavy atom. The van der Waals surface area contributed by atoms with Gasteiger partial charge in [0.25, 0.3) is 0 Å². The first-order chi connectivity index (χ1) is 11.7. The zero-order valence-corrected chi connectivity index (χ0v) is 15.5. The molecule has 3 aliphatic heterocycles. The van der Waals surface area contributed by atoms with Gasteiger partial charge in [-0.15, -0.1) is 0 Å². The second kappa shape index (κ2) is 8.63. The number of piperidine rings is 1. The number of likely N-dealkylation sites (tertiary alicyclic amines) is 1. The normalized spacial score (nSPS) is 32.7. The standard InChI is InChI=1S/C19H35N3O2/c1-3-21(4-2)9-10-24-18-7-8-22(14-18)19(23)13-15-11-16-5-6-17(12-15)20-16/h15-18,20H,3-14H2,1-2H3. The number of carbonyl (C=O) groups excluding carboxylic acids is 1. The Hall–Kier alpha value is -0.650. The molecule has 0 aromatic carbocycles. The largest absolute Gasteiger partial charge is 0.375 e. The van der Waals surface area contributed by atoms with Crippen LogP contribution in [0.25, 0.3) is 0 Å². The van der Waals surface area contributed by atoms with Crippen LogP contribution in [0.3, 0.4) is 0 Å². The zero-order chi connectivity index (χ0) is 16.9. The molecule has 5 heteroatoms. The lowest BCUT2D eigenvalue weighted by atomic mass is 9.89. The van der Waals surface area contributed by atoms with Gasteiger partial charge in [0.15, 0.2) is 0 Å². The van der Waals surface area contributed by atoms with Crippen LogP contribution in [0, 0.1) is 5.92 Å². The monoisotopic (exact) mass is 337 g/mol. The Morgan fingerprint density at radius 2 is 1.88 bits per heavy atom. The second-order valence-electron chi connectivity index (χ2n) is 7.83. The molecule has 5 nitrogen and oxygen atoms in total. The van der Waals surface area contributed by atoms with E-state index in [4.69, 9.17) is 4.74 Å². The molecule has 1 N–H and O–H groups in total. The van der Waals surface area contributed by atoms with E-state index >= 15 is 0 Å². The van der Waals surface area contributed by atoms with Crippen LogP contribution in [0.5, 0.6) is 0 Å². The lowest BCUT2D eigenvalue weighted by molar-refractivity contribution is -0.132. The van der Waals surface area contributed by atoms with Crippen molar-refractivity contribution in [3.8, 4) is 0 Å². The number of nitrogens with one attached hydrogen (secondary N) is 1. The van der Waals surface area contributed by atoms with Crippen molar-refractivity contribution in [1.82, 2.24) is 15.1 Å². The van der Waals surface area contributed by atoms with Crippen molar-refractivity contribution in [2.45, 2.75) is 70.6 Å². The molecule has 0 aromatic heterocycles. The number of fused-ring (bicyclic) bond motifs is 2. The smallest absolute Gasteiger partial charge is 0.222 e. The number of rotatable bonds is 8. The number of likely N-dealkylation sites (N-methyl/N-ethyl adjacent to an activating group) is 1. The molecule has 0 spiro atoms. The quantitative estimate of drug-likeness (QED) is 0.734. The van der Waals surface area contributed by atoms with Gasteiger partial charge in [-0.25, -0.2) is 0 Å². The van der Waals surface area contributed by atoms with E-state index in [0.717, 1.165) is 52.2 Å². The summed E-state index contributed by atoms with van der Waals surface area (Å²) >= 11 is 0. The molecule has 3 heterocycles. The summed E-state index contributed by atoms with van der Waals surface area (Å²) in [5.74, 6) is 0.954. The van der Waals surface area contributed by atoms with Crippen molar-refractivity contribution in [2.75, 3.05) is 39.3 Å². The van der Waals surface area contributed by atoms with Crippen LogP contribution in [0.4, 0.5) is 0 Å². The van der Waals surface area contributed by atoms with Crippen LogP contribution in [0.2, 0.25) is 0 Å². The molecule has 2 bridgehead atoms. The topological polar surface area (TPSA) is 44.8 Å². The van der Waals surface area contributed by atoms with Crippen molar-refractivity contribution in [3.63, 3.8) is 0 Å². The van der Waals surface area contributed by atoms with Gasteiger partial charge in [0.05, 0.1) is 12.7 Å². The zero-order valence-electron chi connectivity index (χ0n) is 15.5. The molecule has 0 aromatic rings. The Kier molecular flexibility index (Phi) is 6.53. The minimum absolute atomic E-state index is 0.244. The number of hydrogen-bond donors (Lipinski definition) is 1. The highest BCUT2D eigenvalue weighted by Gasteiger charge is 2.35. The summed E-state index contributed by atoms with van der Waals surface area (Å²) in [6, 6.07) is 1.35. The molecule has 3 fully saturated rings. The Morgan fingerprint density at radius 3 is 2.54 bits per heavy atom. The van der Waals surface area contributed by atoms with Crippen molar-refractivity contribution in [2.24, 2.45) is 5.92 Å². The Bertz CT molecular complexity index is 401. The van der Waals surface area contributed by atoms with E-state index in [1.54, 1.807) is 0 Å². The van der Waals surface area contributed by atoms with Crippen LogP contribution >= 0.6 is 0 Å². The van der Waals surface area contributed by atoms with Gasteiger partial charge in [-0.2, -0.15) is 0 Å². The SMILES string of the molecule is CCN(CC)CCOC1CCN(C(=O)CC2CC3CCC(C2)N3)C1. The third-order valence-electron chi connectivity index (χ3n) is 6.19. The summed E-state index contributed by atoms with van der Waals surface area (Å²) in [5, 5.41) is 3.66. The van der Waals surface area contributed by atoms with Crippen LogP contribution < -0.4 is 5.32 Å². The maximum atomic E-state index is 12.6. The van der Waals surface area contributed by atoms with Crippen LogP contribution in [0.15, 0.2) is 0 Å². The fourth-order valence-corrected chi connectivity index (χ4v) is 4.70. The van der Waals surface area contributed by atoms with Crippen LogP contribution in [0.1, 0.15) is 52.4 Å². The van der Waals surface area contributed by atoms with E-state index < -0.39 is 0 Å². The number of hydrogen-bond acceptors (Lipinski definition) is 4. The summed E-state index contributed by atoms with van der Waals surface area (Å²) in [6.07, 6.45) is 7.00. The number of ether oxygens (including phenoxy) is 1. The van der Waals surface area contributed by atoms with E-state index in [1.165, 1.54) is 25.7 Å². The van der Waals surface area contributed by atoms with Gasteiger partial charge in [0, 0.05) is 38.1 Å². The van der Waals surface area contributed by atoms with Crippen molar-refractivity contribution in [3.05, 3.63) is 0 Å². The molecule has 0 aliphatic carbocycles. The van der Waals surface area contributed by atoms with Crippen LogP contribution in [-0.4, -0.2) is 73.2 Å². The van der Waals surface area contributed by atoms with Gasteiger partial charge >= 0.3 is 0 Å². The van der Waals surface area contributed by atoms with E-state index in [-0.39, 0.29) is 6.10 Å². The lowest BCUT2D eigenvalue weighted by Gasteiger charge is -2.30. The number of carbonyl (C=O) groups is 1. The minimum atomic E-state index is 0.244. The fraction of sp³-hybridized carbons (Fsp3) is 0.947. The highest BCUT2D eigenvalue weighted by atomic mass is 16.5.